The minimum absolute atomic E-state index is 0.0862. The highest BCUT2D eigenvalue weighted by Crippen LogP contribution is 2.85. The summed E-state index contributed by atoms with van der Waals surface area (Å²) in [5.74, 6) is 2.34. The summed E-state index contributed by atoms with van der Waals surface area (Å²) >= 11 is 0. The fraction of sp³-hybridized carbons (Fsp3) is 0.738. The van der Waals surface area contributed by atoms with Gasteiger partial charge in [0, 0.05) is 52.1 Å². The van der Waals surface area contributed by atoms with Gasteiger partial charge in [0.05, 0.1) is 0 Å². The Balaban J connectivity index is 1.93. The molecule has 0 N–H and O–H groups in total. The lowest BCUT2D eigenvalue weighted by Crippen LogP contribution is -2.82. The summed E-state index contributed by atoms with van der Waals surface area (Å²) < 4.78 is 9.91. The maximum Gasteiger partial charge on any atom is 0.215 e. The smallest absolute Gasteiger partial charge is 0.215 e. The van der Waals surface area contributed by atoms with Crippen molar-refractivity contribution >= 4 is 34.5 Å². The first-order chi connectivity index (χ1) is 22.5. The Bertz CT molecular complexity index is 1560. The Morgan fingerprint density at radius 3 is 1.59 bits per heavy atom. The van der Waals surface area contributed by atoms with Crippen molar-refractivity contribution < 1.29 is 0 Å². The van der Waals surface area contributed by atoms with Crippen molar-refractivity contribution in [1.82, 2.24) is 13.6 Å². The van der Waals surface area contributed by atoms with Crippen LogP contribution in [0.4, 0.5) is 5.69 Å². The summed E-state index contributed by atoms with van der Waals surface area (Å²) in [6.07, 6.45) is 4.12. The van der Waals surface area contributed by atoms with E-state index in [1.165, 1.54) is 31.4 Å². The molecule has 1 aromatic rings. The second kappa shape index (κ2) is 12.1. The quantitative estimate of drug-likeness (QED) is 0.165. The molecule has 2 fully saturated rings. The number of rotatable bonds is 6. The highest BCUT2D eigenvalue weighted by Gasteiger charge is 2.75. The normalized spacial score (nSPS) is 26.8. The molecular weight excluding hydrogens is 648 g/mol. The maximum absolute atomic E-state index is 3.31. The molecule has 2 spiro atoms. The lowest BCUT2D eigenvalue weighted by molar-refractivity contribution is 0.233. The van der Waals surface area contributed by atoms with Crippen LogP contribution in [0.15, 0.2) is 40.4 Å². The molecule has 2 aliphatic carbocycles. The highest BCUT2D eigenvalue weighted by atomic mass is 31.2. The predicted molar refractivity (Wildman–Crippen MR) is 223 cm³/mol. The maximum atomic E-state index is 3.31. The second-order valence-corrected chi connectivity index (χ2v) is 32.0. The van der Waals surface area contributed by atoms with Gasteiger partial charge >= 0.3 is 0 Å². The lowest BCUT2D eigenvalue weighted by Gasteiger charge is -2.78. The number of allylic oxidation sites excluding steroid dienone is 4. The van der Waals surface area contributed by atoms with Crippen LogP contribution in [0.2, 0.25) is 25.2 Å². The zero-order chi connectivity index (χ0) is 36.5. The first-order valence-electron chi connectivity index (χ1n) is 20.0. The molecule has 1 saturated carbocycles. The monoisotopic (exact) mass is 721 g/mol. The Hall–Kier alpha value is -0.886. The van der Waals surface area contributed by atoms with E-state index >= 15 is 0 Å². The van der Waals surface area contributed by atoms with Crippen molar-refractivity contribution in [1.29, 1.82) is 0 Å². The molecular formula is C42H73N4PSi2. The Kier molecular flexibility index (Phi) is 9.32. The summed E-state index contributed by atoms with van der Waals surface area (Å²) in [7, 11) is -6.64. The Morgan fingerprint density at radius 2 is 1.18 bits per heavy atom. The molecule has 0 radical (unpaired) electrons. The van der Waals surface area contributed by atoms with E-state index in [9.17, 15) is 0 Å². The topological polar surface area (TPSA) is 13.0 Å². The summed E-state index contributed by atoms with van der Waals surface area (Å²) in [6, 6.07) is 10.8. The van der Waals surface area contributed by atoms with Crippen LogP contribution in [0.1, 0.15) is 153 Å². The lowest BCUT2D eigenvalue weighted by atomic mass is 9.91. The van der Waals surface area contributed by atoms with Gasteiger partial charge < -0.3 is 4.57 Å². The van der Waals surface area contributed by atoms with E-state index in [1.807, 2.05) is 16.1 Å². The summed E-state index contributed by atoms with van der Waals surface area (Å²) in [5.41, 5.74) is 10.2. The summed E-state index contributed by atoms with van der Waals surface area (Å²) in [6.45, 7) is 45.9. The number of hydrogen-bond donors (Lipinski definition) is 0. The van der Waals surface area contributed by atoms with Crippen molar-refractivity contribution in [2.75, 3.05) is 4.57 Å². The molecule has 2 bridgehead atoms. The van der Waals surface area contributed by atoms with Gasteiger partial charge in [0.25, 0.3) is 0 Å². The van der Waals surface area contributed by atoms with E-state index in [2.05, 4.69) is 160 Å². The van der Waals surface area contributed by atoms with Gasteiger partial charge in [-0.1, -0.05) is 57.0 Å². The molecule has 3 aliphatic heterocycles. The third-order valence-electron chi connectivity index (χ3n) is 12.8. The van der Waals surface area contributed by atoms with Crippen molar-refractivity contribution in [3.63, 3.8) is 0 Å². The minimum Gasteiger partial charge on any atom is -0.365 e. The van der Waals surface area contributed by atoms with E-state index in [-0.39, 0.29) is 11.1 Å². The number of nitrogens with zero attached hydrogens (tertiary/aromatic N) is 4. The van der Waals surface area contributed by atoms with E-state index in [0.717, 1.165) is 0 Å². The fourth-order valence-corrected chi connectivity index (χ4v) is 38.7. The molecule has 4 nitrogen and oxygen atoms in total. The van der Waals surface area contributed by atoms with Crippen LogP contribution in [0.25, 0.3) is 0 Å². The van der Waals surface area contributed by atoms with Gasteiger partial charge in [-0.05, 0) is 162 Å². The van der Waals surface area contributed by atoms with Gasteiger partial charge in [0.1, 0.15) is 0 Å². The molecule has 2 unspecified atom stereocenters. The standard InChI is InChI=1S/C42H73N4PSi2/c1-27(2)35-20-19-21-36(28(3)4)38(35)44-37-33-22-23-34(24-33)39(37)47(45(41(11,12)13)48(17,18)46(47)42(14,15)16)40(43(29(5)6)30(7)8)49(44)25-31(9)32(10)26-49/h19-21,27-30,33-34H,22-26H2,1-18H3. The van der Waals surface area contributed by atoms with Gasteiger partial charge in [-0.2, -0.15) is 0 Å². The van der Waals surface area contributed by atoms with Crippen LogP contribution in [0.5, 0.6) is 0 Å². The molecule has 6 rings (SSSR count). The molecule has 1 saturated heterocycles. The van der Waals surface area contributed by atoms with Crippen molar-refractivity contribution in [2.45, 2.75) is 190 Å². The highest BCUT2D eigenvalue weighted by molar-refractivity contribution is 7.86. The van der Waals surface area contributed by atoms with Gasteiger partial charge in [0.2, 0.25) is 16.6 Å². The van der Waals surface area contributed by atoms with Crippen molar-refractivity contribution in [3.05, 3.63) is 51.5 Å². The average Bonchev–Trinajstić information content (AvgIpc) is 3.62. The third-order valence-corrected chi connectivity index (χ3v) is 32.2. The number of anilines is 1. The zero-order valence-electron chi connectivity index (χ0n) is 35.0. The molecule has 5 aliphatic rings. The predicted octanol–water partition coefficient (Wildman–Crippen LogP) is 12.2. The van der Waals surface area contributed by atoms with Crippen LogP contribution >= 0.6 is 7.19 Å². The van der Waals surface area contributed by atoms with E-state index in [0.29, 0.717) is 35.8 Å². The van der Waals surface area contributed by atoms with Gasteiger partial charge in [-0.15, -0.1) is 0 Å². The fourth-order valence-electron chi connectivity index (χ4n) is 12.3. The van der Waals surface area contributed by atoms with Crippen LogP contribution in [-0.4, -0.2) is 58.4 Å². The van der Waals surface area contributed by atoms with Crippen molar-refractivity contribution in [2.24, 2.45) is 11.8 Å². The second-order valence-electron chi connectivity index (χ2n) is 20.3. The Labute approximate surface area is 305 Å². The first kappa shape index (κ1) is 37.9. The van der Waals surface area contributed by atoms with E-state index in [1.54, 1.807) is 28.0 Å². The molecule has 1 aromatic carbocycles. The van der Waals surface area contributed by atoms with Gasteiger partial charge in [-0.3, -0.25) is 13.6 Å². The van der Waals surface area contributed by atoms with Crippen LogP contribution < -0.4 is 4.57 Å². The number of hydrogen-bond acceptors (Lipinski definition) is 4. The average molecular weight is 721 g/mol. The SMILES string of the molecule is CC1=C(C)C[Si]2(C1)C(N(C(C)C)C(C)C)=P1(C3=C(C4CCC3C4)N2c2c(C(C)C)cccc2C(C)C)N(C(C)(C)C)[Si](C)(C)N1C(C)(C)C. The van der Waals surface area contributed by atoms with Crippen molar-refractivity contribution in [3.8, 4) is 0 Å². The molecule has 274 valence electrons. The zero-order valence-corrected chi connectivity index (χ0v) is 37.9. The van der Waals surface area contributed by atoms with E-state index in [4.69, 9.17) is 0 Å². The molecule has 49 heavy (non-hydrogen) atoms. The molecule has 7 heteroatoms. The molecule has 0 amide bonds. The first-order valence-corrected chi connectivity index (χ1v) is 26.9. The third kappa shape index (κ3) is 5.18. The van der Waals surface area contributed by atoms with Gasteiger partial charge in [-0.25, -0.2) is 0 Å². The largest absolute Gasteiger partial charge is 0.365 e. The van der Waals surface area contributed by atoms with Crippen LogP contribution in [0.3, 0.4) is 0 Å². The van der Waals surface area contributed by atoms with Crippen LogP contribution in [0, 0.1) is 11.8 Å². The number of benzene rings is 1. The molecule has 2 atom stereocenters. The number of para-hydroxylation sites is 1. The van der Waals surface area contributed by atoms with Crippen LogP contribution in [-0.2, 0) is 0 Å². The summed E-state index contributed by atoms with van der Waals surface area (Å²) in [5, 5.41) is 3.90. The van der Waals surface area contributed by atoms with E-state index < -0.39 is 23.8 Å². The summed E-state index contributed by atoms with van der Waals surface area (Å²) in [4.78, 5) is 3.07. The molecule has 3 heterocycles. The Morgan fingerprint density at radius 1 is 0.735 bits per heavy atom. The molecule has 0 aromatic heterocycles. The van der Waals surface area contributed by atoms with Gasteiger partial charge in [0.15, 0.2) is 0 Å². The minimum atomic E-state index is -2.49. The number of fused-ring (bicyclic) bond motifs is 5.